The Labute approximate surface area is 200 Å². The molecule has 4 bridgehead atoms. The molecule has 1 nitrogen and oxygen atoms in total. The Bertz CT molecular complexity index is 715. The second-order valence-corrected chi connectivity index (χ2v) is 14.5. The molecule has 0 saturated heterocycles. The summed E-state index contributed by atoms with van der Waals surface area (Å²) in [5.41, 5.74) is 2.35. The summed E-state index contributed by atoms with van der Waals surface area (Å²) in [5.74, 6) is 6.45. The van der Waals surface area contributed by atoms with Crippen LogP contribution in [0.5, 0.6) is 0 Å². The van der Waals surface area contributed by atoms with E-state index < -0.39 is 0 Å². The summed E-state index contributed by atoms with van der Waals surface area (Å²) >= 11 is 0. The predicted octanol–water partition coefficient (Wildman–Crippen LogP) is 8.69. The summed E-state index contributed by atoms with van der Waals surface area (Å²) in [4.78, 5) is 0. The van der Waals surface area contributed by atoms with Crippen molar-refractivity contribution in [2.24, 2.45) is 51.8 Å². The average Bonchev–Trinajstić information content (AvgIpc) is 2.70. The monoisotopic (exact) mass is 438 g/mol. The fourth-order valence-electron chi connectivity index (χ4n) is 8.78. The fraction of sp³-hybridized carbons (Fsp3) is 0.867. The van der Waals surface area contributed by atoms with Gasteiger partial charge in [-0.25, -0.2) is 0 Å². The third-order valence-electron chi connectivity index (χ3n) is 11.7. The highest BCUT2D eigenvalue weighted by molar-refractivity contribution is 6.55. The number of allylic oxidation sites excluding steroid dienone is 1. The lowest BCUT2D eigenvalue weighted by Gasteiger charge is -2.66. The van der Waals surface area contributed by atoms with Crippen LogP contribution in [-0.2, 0) is 4.65 Å². The van der Waals surface area contributed by atoms with Gasteiger partial charge in [0.2, 0.25) is 0 Å². The molecule has 6 rings (SSSR count). The van der Waals surface area contributed by atoms with Crippen molar-refractivity contribution in [2.45, 2.75) is 113 Å². The number of fused-ring (bicyclic) bond motifs is 4. The molecule has 6 fully saturated rings. The van der Waals surface area contributed by atoms with Crippen LogP contribution in [0.3, 0.4) is 0 Å². The molecule has 0 aromatic heterocycles. The van der Waals surface area contributed by atoms with Crippen LogP contribution in [0, 0.1) is 51.8 Å². The zero-order valence-corrected chi connectivity index (χ0v) is 22.9. The summed E-state index contributed by atoms with van der Waals surface area (Å²) < 4.78 is 7.36. The van der Waals surface area contributed by atoms with Crippen molar-refractivity contribution in [1.29, 1.82) is 0 Å². The first-order valence-electron chi connectivity index (χ1n) is 13.7. The normalized spacial score (nSPS) is 42.2. The molecular weight excluding hydrogens is 387 g/mol. The van der Waals surface area contributed by atoms with Crippen LogP contribution in [0.4, 0.5) is 0 Å². The molecule has 0 aromatic carbocycles. The van der Waals surface area contributed by atoms with E-state index in [0.717, 1.165) is 35.5 Å². The van der Waals surface area contributed by atoms with Gasteiger partial charge in [-0.05, 0) is 84.7 Å². The van der Waals surface area contributed by atoms with Crippen LogP contribution in [0.1, 0.15) is 94.9 Å². The number of hydrogen-bond acceptors (Lipinski definition) is 1. The predicted molar refractivity (Wildman–Crippen MR) is 140 cm³/mol. The van der Waals surface area contributed by atoms with Crippen molar-refractivity contribution in [2.75, 3.05) is 0 Å². The second kappa shape index (κ2) is 8.03. The maximum atomic E-state index is 7.36. The summed E-state index contributed by atoms with van der Waals surface area (Å²) in [7, 11) is 0. The molecule has 0 aliphatic heterocycles. The van der Waals surface area contributed by atoms with Gasteiger partial charge in [-0.1, -0.05) is 86.0 Å². The Morgan fingerprint density at radius 1 is 0.906 bits per heavy atom. The Kier molecular flexibility index (Phi) is 6.18. The molecule has 32 heavy (non-hydrogen) atoms. The largest absolute Gasteiger partial charge is 0.428 e. The molecule has 0 radical (unpaired) electrons. The highest BCUT2D eigenvalue weighted by atomic mass is 16.4. The zero-order chi connectivity index (χ0) is 23.8. The van der Waals surface area contributed by atoms with Crippen LogP contribution in [-0.4, -0.2) is 13.0 Å². The smallest absolute Gasteiger partial charge is 0.300 e. The zero-order valence-electron chi connectivity index (χ0n) is 22.9. The summed E-state index contributed by atoms with van der Waals surface area (Å²) in [6, 6.07) is 0. The highest BCUT2D eigenvalue weighted by Gasteiger charge is 2.63. The Morgan fingerprint density at radius 3 is 1.66 bits per heavy atom. The first kappa shape index (κ1) is 24.6. The Morgan fingerprint density at radius 2 is 1.34 bits per heavy atom. The van der Waals surface area contributed by atoms with E-state index in [9.17, 15) is 0 Å². The van der Waals surface area contributed by atoms with E-state index in [1.165, 1.54) is 31.3 Å². The molecule has 6 aliphatic carbocycles. The van der Waals surface area contributed by atoms with Gasteiger partial charge in [0, 0.05) is 5.41 Å². The minimum Gasteiger partial charge on any atom is -0.428 e. The summed E-state index contributed by atoms with van der Waals surface area (Å²) in [6.45, 7) is 28.9. The molecule has 0 heterocycles. The molecular formula is C30H51BO. The quantitative estimate of drug-likeness (QED) is 0.285. The van der Waals surface area contributed by atoms with E-state index in [4.69, 9.17) is 4.65 Å². The van der Waals surface area contributed by atoms with E-state index in [1.807, 2.05) is 0 Å². The van der Waals surface area contributed by atoms with Gasteiger partial charge in [-0.3, -0.25) is 0 Å². The number of rotatable bonds is 7. The lowest BCUT2D eigenvalue weighted by Crippen LogP contribution is -2.60. The Hall–Kier alpha value is -0.495. The lowest BCUT2D eigenvalue weighted by atomic mass is 9.27. The van der Waals surface area contributed by atoms with Gasteiger partial charge in [0.15, 0.2) is 0 Å². The molecule has 9 atom stereocenters. The topological polar surface area (TPSA) is 9.23 Å². The van der Waals surface area contributed by atoms with Crippen LogP contribution in [0.15, 0.2) is 24.3 Å². The molecule has 0 amide bonds. The maximum absolute atomic E-state index is 7.36. The van der Waals surface area contributed by atoms with Gasteiger partial charge in [0.1, 0.15) is 0 Å². The minimum absolute atomic E-state index is 0.0598. The van der Waals surface area contributed by atoms with E-state index >= 15 is 0 Å². The molecule has 0 unspecified atom stereocenters. The molecule has 0 N–H and O–H groups in total. The van der Waals surface area contributed by atoms with Gasteiger partial charge in [-0.15, -0.1) is 6.58 Å². The first-order valence-corrected chi connectivity index (χ1v) is 13.7. The van der Waals surface area contributed by atoms with Crippen molar-refractivity contribution in [1.82, 2.24) is 0 Å². The van der Waals surface area contributed by atoms with Crippen molar-refractivity contribution >= 4 is 6.92 Å². The first-order chi connectivity index (χ1) is 14.7. The number of hydrogen-bond donors (Lipinski definition) is 0. The van der Waals surface area contributed by atoms with E-state index in [0.29, 0.717) is 29.4 Å². The molecule has 0 spiro atoms. The van der Waals surface area contributed by atoms with Gasteiger partial charge < -0.3 is 4.65 Å². The van der Waals surface area contributed by atoms with Gasteiger partial charge >= 0.3 is 6.92 Å². The third kappa shape index (κ3) is 3.70. The van der Waals surface area contributed by atoms with Crippen molar-refractivity contribution in [3.8, 4) is 0 Å². The fourth-order valence-corrected chi connectivity index (χ4v) is 8.78. The van der Waals surface area contributed by atoms with Crippen LogP contribution < -0.4 is 0 Å². The van der Waals surface area contributed by atoms with Crippen molar-refractivity contribution in [3.05, 3.63) is 24.3 Å². The highest BCUT2D eigenvalue weighted by Crippen LogP contribution is 2.69. The van der Waals surface area contributed by atoms with E-state index in [-0.39, 0.29) is 11.5 Å². The van der Waals surface area contributed by atoms with Gasteiger partial charge in [0.05, 0.1) is 6.10 Å². The maximum Gasteiger partial charge on any atom is 0.300 e. The minimum atomic E-state index is -0.0598. The van der Waals surface area contributed by atoms with Gasteiger partial charge in [-0.2, -0.15) is 0 Å². The summed E-state index contributed by atoms with van der Waals surface area (Å²) in [6.07, 6.45) is 10.2. The standard InChI is InChI=1S/C30H51BO/c1-12-28(6,7)27(13-18(2)3)32-31(25-16-21-14-23(19(25)4)29(21,8)9)26-17-22-15-24(20(26)5)30(22,10)11/h12-13,19-27H,1,14-17H2,2-11H3/t19-,20-,21+,22+,23-,24-,25-,26-,27-/m1/s1. The second-order valence-electron chi connectivity index (χ2n) is 14.5. The van der Waals surface area contributed by atoms with Crippen molar-refractivity contribution < 1.29 is 4.65 Å². The molecule has 6 aliphatic rings. The molecule has 0 aromatic rings. The summed E-state index contributed by atoms with van der Waals surface area (Å²) in [5, 5.41) is 0. The third-order valence-corrected chi connectivity index (χ3v) is 11.7. The Balaban J connectivity index is 1.66. The van der Waals surface area contributed by atoms with Crippen molar-refractivity contribution in [3.63, 3.8) is 0 Å². The molecule has 6 saturated carbocycles. The van der Waals surface area contributed by atoms with Gasteiger partial charge in [0.25, 0.3) is 0 Å². The SMILES string of the molecule is C=CC(C)(C)[C@@H](C=C(C)C)OB([C@@H]1C[C@@H]2C[C@H]([C@H]1C)C2(C)C)[C@@H]1C[C@@H]2C[C@H]([C@H]1C)C2(C)C. The van der Waals surface area contributed by atoms with Crippen LogP contribution in [0.2, 0.25) is 11.6 Å². The van der Waals surface area contributed by atoms with E-state index in [2.05, 4.69) is 88.0 Å². The molecule has 2 heteroatoms. The van der Waals surface area contributed by atoms with E-state index in [1.54, 1.807) is 0 Å². The van der Waals surface area contributed by atoms with Crippen LogP contribution >= 0.6 is 0 Å². The molecule has 180 valence electrons. The lowest BCUT2D eigenvalue weighted by molar-refractivity contribution is -0.112. The average molecular weight is 439 g/mol. The van der Waals surface area contributed by atoms with Crippen LogP contribution in [0.25, 0.3) is 0 Å².